The molecule has 0 saturated carbocycles. The average molecular weight is 145 g/mol. The van der Waals surface area contributed by atoms with E-state index in [9.17, 15) is 9.90 Å². The van der Waals surface area contributed by atoms with Gasteiger partial charge in [0.05, 0.1) is 0 Å². The van der Waals surface area contributed by atoms with Gasteiger partial charge in [-0.1, -0.05) is 13.8 Å². The molecule has 1 N–H and O–H groups in total. The molecule has 0 aromatic heterocycles. The highest BCUT2D eigenvalue weighted by Gasteiger charge is 2.19. The quantitative estimate of drug-likeness (QED) is 0.598. The maximum atomic E-state index is 11.0. The van der Waals surface area contributed by atoms with Crippen LogP contribution in [0.25, 0.3) is 0 Å². The van der Waals surface area contributed by atoms with Gasteiger partial charge in [0.2, 0.25) is 0 Å². The van der Waals surface area contributed by atoms with Gasteiger partial charge in [0, 0.05) is 14.1 Å². The Bertz CT molecular complexity index is 121. The Labute approximate surface area is 61.6 Å². The normalized spacial score (nSPS) is 13.4. The first-order valence-electron chi connectivity index (χ1n) is 3.36. The number of aliphatic hydroxyl groups excluding tert-OH is 1. The lowest BCUT2D eigenvalue weighted by Crippen LogP contribution is -2.36. The van der Waals surface area contributed by atoms with Crippen LogP contribution in [0.3, 0.4) is 0 Å². The summed E-state index contributed by atoms with van der Waals surface area (Å²) in [6, 6.07) is 0. The van der Waals surface area contributed by atoms with Crippen molar-refractivity contribution in [3.63, 3.8) is 0 Å². The first-order valence-corrected chi connectivity index (χ1v) is 3.36. The van der Waals surface area contributed by atoms with Gasteiger partial charge in [-0.2, -0.15) is 0 Å². The third kappa shape index (κ3) is 2.35. The molecule has 0 aliphatic carbocycles. The smallest absolute Gasteiger partial charge is 0.251 e. The monoisotopic (exact) mass is 145 g/mol. The van der Waals surface area contributed by atoms with E-state index in [2.05, 4.69) is 0 Å². The molecule has 0 saturated heterocycles. The molecule has 3 nitrogen and oxygen atoms in total. The number of hydrogen-bond donors (Lipinski definition) is 1. The maximum Gasteiger partial charge on any atom is 0.251 e. The molecule has 0 aromatic rings. The van der Waals surface area contributed by atoms with Gasteiger partial charge in [0.25, 0.3) is 5.91 Å². The van der Waals surface area contributed by atoms with E-state index in [1.807, 2.05) is 13.8 Å². The highest BCUT2D eigenvalue weighted by Crippen LogP contribution is 2.02. The van der Waals surface area contributed by atoms with E-state index in [4.69, 9.17) is 0 Å². The van der Waals surface area contributed by atoms with E-state index in [1.165, 1.54) is 4.90 Å². The van der Waals surface area contributed by atoms with Crippen molar-refractivity contribution in [1.29, 1.82) is 0 Å². The van der Waals surface area contributed by atoms with Gasteiger partial charge in [-0.05, 0) is 5.92 Å². The molecule has 0 aromatic carbocycles. The van der Waals surface area contributed by atoms with Crippen molar-refractivity contribution < 1.29 is 9.90 Å². The predicted octanol–water partition coefficient (Wildman–Crippen LogP) is 0.0915. The lowest BCUT2D eigenvalue weighted by molar-refractivity contribution is -0.139. The van der Waals surface area contributed by atoms with Crippen LogP contribution in [0.15, 0.2) is 0 Å². The van der Waals surface area contributed by atoms with Gasteiger partial charge in [-0.3, -0.25) is 4.79 Å². The zero-order valence-corrected chi connectivity index (χ0v) is 6.96. The molecule has 0 radical (unpaired) electrons. The summed E-state index contributed by atoms with van der Waals surface area (Å²) in [5.74, 6) is -0.232. The Morgan fingerprint density at radius 1 is 1.40 bits per heavy atom. The van der Waals surface area contributed by atoms with E-state index >= 15 is 0 Å². The average Bonchev–Trinajstić information content (AvgIpc) is 1.84. The van der Waals surface area contributed by atoms with Crippen LogP contribution in [0.2, 0.25) is 0 Å². The van der Waals surface area contributed by atoms with Crippen molar-refractivity contribution in [2.45, 2.75) is 20.0 Å². The van der Waals surface area contributed by atoms with Gasteiger partial charge in [-0.25, -0.2) is 0 Å². The first-order chi connectivity index (χ1) is 4.46. The van der Waals surface area contributed by atoms with Crippen LogP contribution in [0, 0.1) is 5.92 Å². The molecular formula is C7H15NO2. The van der Waals surface area contributed by atoms with E-state index < -0.39 is 6.10 Å². The number of carbonyl (C=O) groups is 1. The Morgan fingerprint density at radius 2 is 1.80 bits per heavy atom. The van der Waals surface area contributed by atoms with Crippen LogP contribution in [0.5, 0.6) is 0 Å². The molecule has 0 fully saturated rings. The second-order valence-corrected chi connectivity index (χ2v) is 2.92. The van der Waals surface area contributed by atoms with E-state index in [-0.39, 0.29) is 11.8 Å². The summed E-state index contributed by atoms with van der Waals surface area (Å²) in [5.41, 5.74) is 0. The zero-order chi connectivity index (χ0) is 8.31. The fourth-order valence-electron chi connectivity index (χ4n) is 0.550. The van der Waals surface area contributed by atoms with Crippen molar-refractivity contribution in [2.75, 3.05) is 14.1 Å². The molecule has 1 unspecified atom stereocenters. The molecule has 0 spiro atoms. The highest BCUT2D eigenvalue weighted by atomic mass is 16.3. The Hall–Kier alpha value is -0.570. The fourth-order valence-corrected chi connectivity index (χ4v) is 0.550. The largest absolute Gasteiger partial charge is 0.383 e. The summed E-state index contributed by atoms with van der Waals surface area (Å²) in [6.07, 6.45) is -0.852. The third-order valence-electron chi connectivity index (χ3n) is 1.33. The molecule has 1 atom stereocenters. The van der Waals surface area contributed by atoms with Crippen LogP contribution in [-0.4, -0.2) is 36.1 Å². The summed E-state index contributed by atoms with van der Waals surface area (Å²) in [4.78, 5) is 12.4. The summed E-state index contributed by atoms with van der Waals surface area (Å²) >= 11 is 0. The van der Waals surface area contributed by atoms with Crippen LogP contribution < -0.4 is 0 Å². The number of carbonyl (C=O) groups excluding carboxylic acids is 1. The molecule has 3 heteroatoms. The summed E-state index contributed by atoms with van der Waals surface area (Å²) in [7, 11) is 3.27. The van der Waals surface area contributed by atoms with Gasteiger partial charge in [0.1, 0.15) is 6.10 Å². The summed E-state index contributed by atoms with van der Waals surface area (Å²) in [5, 5.41) is 9.17. The first kappa shape index (κ1) is 9.43. The van der Waals surface area contributed by atoms with Crippen LogP contribution in [0.4, 0.5) is 0 Å². The molecule has 0 aliphatic rings. The van der Waals surface area contributed by atoms with E-state index in [1.54, 1.807) is 14.1 Å². The van der Waals surface area contributed by atoms with Crippen molar-refractivity contribution >= 4 is 5.91 Å². The van der Waals surface area contributed by atoms with Crippen molar-refractivity contribution in [1.82, 2.24) is 4.90 Å². The topological polar surface area (TPSA) is 40.5 Å². The van der Waals surface area contributed by atoms with E-state index in [0.29, 0.717) is 0 Å². The number of likely N-dealkylation sites (N-methyl/N-ethyl adjacent to an activating group) is 1. The van der Waals surface area contributed by atoms with E-state index in [0.717, 1.165) is 0 Å². The second kappa shape index (κ2) is 3.56. The minimum absolute atomic E-state index is 0.00472. The molecule has 0 bridgehead atoms. The molecule has 10 heavy (non-hydrogen) atoms. The molecule has 0 aliphatic heterocycles. The third-order valence-corrected chi connectivity index (χ3v) is 1.33. The standard InChI is InChI=1S/C7H15NO2/c1-5(2)6(9)7(10)8(3)4/h5-6,9H,1-4H3. The highest BCUT2D eigenvalue weighted by molar-refractivity contribution is 5.80. The minimum Gasteiger partial charge on any atom is -0.383 e. The number of aliphatic hydroxyl groups is 1. The Morgan fingerprint density at radius 3 is 1.90 bits per heavy atom. The number of nitrogens with zero attached hydrogens (tertiary/aromatic N) is 1. The second-order valence-electron chi connectivity index (χ2n) is 2.92. The van der Waals surface area contributed by atoms with Gasteiger partial charge in [-0.15, -0.1) is 0 Å². The Kier molecular flexibility index (Phi) is 3.36. The summed E-state index contributed by atoms with van der Waals surface area (Å²) < 4.78 is 0. The number of hydrogen-bond acceptors (Lipinski definition) is 2. The van der Waals surface area contributed by atoms with Crippen LogP contribution in [0.1, 0.15) is 13.8 Å². The van der Waals surface area contributed by atoms with Crippen molar-refractivity contribution in [2.24, 2.45) is 5.92 Å². The van der Waals surface area contributed by atoms with Gasteiger partial charge in [0.15, 0.2) is 0 Å². The van der Waals surface area contributed by atoms with Crippen LogP contribution >= 0.6 is 0 Å². The van der Waals surface area contributed by atoms with Gasteiger partial charge >= 0.3 is 0 Å². The molecular weight excluding hydrogens is 130 g/mol. The van der Waals surface area contributed by atoms with Crippen LogP contribution in [-0.2, 0) is 4.79 Å². The fraction of sp³-hybridized carbons (Fsp3) is 0.857. The molecule has 60 valence electrons. The zero-order valence-electron chi connectivity index (χ0n) is 6.96. The number of amides is 1. The van der Waals surface area contributed by atoms with Crippen molar-refractivity contribution in [3.05, 3.63) is 0 Å². The van der Waals surface area contributed by atoms with Gasteiger partial charge < -0.3 is 10.0 Å². The number of rotatable bonds is 2. The molecule has 0 rings (SSSR count). The summed E-state index contributed by atoms with van der Waals surface area (Å²) in [6.45, 7) is 3.62. The SMILES string of the molecule is CC(C)C(O)C(=O)N(C)C. The molecule has 0 heterocycles. The Balaban J connectivity index is 3.95. The minimum atomic E-state index is -0.852. The lowest BCUT2D eigenvalue weighted by Gasteiger charge is -2.18. The molecule has 1 amide bonds. The lowest BCUT2D eigenvalue weighted by atomic mass is 10.1. The maximum absolute atomic E-state index is 11.0. The predicted molar refractivity (Wildman–Crippen MR) is 39.5 cm³/mol. The van der Waals surface area contributed by atoms with Crippen molar-refractivity contribution in [3.8, 4) is 0 Å².